The van der Waals surface area contributed by atoms with Gasteiger partial charge in [-0.05, 0) is 24.5 Å². The highest BCUT2D eigenvalue weighted by Crippen LogP contribution is 2.30. The summed E-state index contributed by atoms with van der Waals surface area (Å²) in [7, 11) is -3.43. The molecular weight excluding hydrogens is 288 g/mol. The Labute approximate surface area is 126 Å². The first-order chi connectivity index (χ1) is 10.0. The van der Waals surface area contributed by atoms with Crippen molar-refractivity contribution in [1.82, 2.24) is 5.32 Å². The number of carbonyl (C=O) groups excluding carboxylic acids is 1. The molecule has 1 heterocycles. The summed E-state index contributed by atoms with van der Waals surface area (Å²) in [6.07, 6.45) is 2.67. The molecule has 0 fully saturated rings. The predicted octanol–water partition coefficient (Wildman–Crippen LogP) is 1.69. The van der Waals surface area contributed by atoms with Crippen molar-refractivity contribution in [2.75, 3.05) is 23.1 Å². The first kappa shape index (κ1) is 15.8. The number of amides is 1. The van der Waals surface area contributed by atoms with Gasteiger partial charge in [0.2, 0.25) is 15.9 Å². The van der Waals surface area contributed by atoms with Crippen LogP contribution < -0.4 is 9.62 Å². The number of benzene rings is 1. The van der Waals surface area contributed by atoms with Crippen molar-refractivity contribution in [3.8, 4) is 0 Å². The monoisotopic (exact) mass is 310 g/mol. The number of unbranched alkanes of at least 4 members (excludes halogenated alkanes) is 1. The van der Waals surface area contributed by atoms with Crippen LogP contribution in [0.3, 0.4) is 0 Å². The lowest BCUT2D eigenvalue weighted by atomic mass is 10.2. The average molecular weight is 310 g/mol. The van der Waals surface area contributed by atoms with Crippen LogP contribution in [-0.2, 0) is 21.2 Å². The van der Waals surface area contributed by atoms with Crippen molar-refractivity contribution in [2.24, 2.45) is 0 Å². The van der Waals surface area contributed by atoms with Gasteiger partial charge in [-0.25, -0.2) is 8.42 Å². The topological polar surface area (TPSA) is 66.5 Å². The number of sulfonamides is 1. The molecule has 1 aliphatic heterocycles. The molecule has 0 spiro atoms. The van der Waals surface area contributed by atoms with E-state index < -0.39 is 10.0 Å². The van der Waals surface area contributed by atoms with Gasteiger partial charge in [0, 0.05) is 19.5 Å². The van der Waals surface area contributed by atoms with Gasteiger partial charge in [0.1, 0.15) is 0 Å². The molecule has 0 saturated carbocycles. The lowest BCUT2D eigenvalue weighted by Crippen LogP contribution is -2.34. The van der Waals surface area contributed by atoms with E-state index in [-0.39, 0.29) is 18.1 Å². The van der Waals surface area contributed by atoms with Crippen LogP contribution in [0.1, 0.15) is 31.7 Å². The minimum atomic E-state index is -3.43. The minimum absolute atomic E-state index is 0.0186. The summed E-state index contributed by atoms with van der Waals surface area (Å²) in [4.78, 5) is 11.6. The van der Waals surface area contributed by atoms with Crippen LogP contribution in [0.15, 0.2) is 24.3 Å². The molecule has 2 rings (SSSR count). The number of nitrogens with one attached hydrogen (secondary N) is 1. The average Bonchev–Trinajstić information content (AvgIpc) is 2.90. The van der Waals surface area contributed by atoms with Gasteiger partial charge in [-0.1, -0.05) is 31.5 Å². The molecule has 0 saturated heterocycles. The Hall–Kier alpha value is -1.56. The summed E-state index contributed by atoms with van der Waals surface area (Å²) in [5, 5.41) is 2.74. The Bertz CT molecular complexity index is 599. The van der Waals surface area contributed by atoms with Gasteiger partial charge in [0.15, 0.2) is 0 Å². The largest absolute Gasteiger partial charge is 0.356 e. The fourth-order valence-electron chi connectivity index (χ4n) is 2.42. The zero-order valence-electron chi connectivity index (χ0n) is 12.3. The second-order valence-electron chi connectivity index (χ2n) is 5.22. The van der Waals surface area contributed by atoms with E-state index in [9.17, 15) is 13.2 Å². The number of carbonyl (C=O) groups is 1. The maximum atomic E-state index is 12.4. The highest BCUT2D eigenvalue weighted by molar-refractivity contribution is 7.92. The van der Waals surface area contributed by atoms with E-state index >= 15 is 0 Å². The lowest BCUT2D eigenvalue weighted by Gasteiger charge is -2.19. The quantitative estimate of drug-likeness (QED) is 0.779. The molecule has 6 heteroatoms. The molecule has 0 radical (unpaired) electrons. The Balaban J connectivity index is 1.93. The third-order valence-electron chi connectivity index (χ3n) is 3.62. The van der Waals surface area contributed by atoms with E-state index in [1.54, 1.807) is 0 Å². The van der Waals surface area contributed by atoms with E-state index in [2.05, 4.69) is 5.32 Å². The summed E-state index contributed by atoms with van der Waals surface area (Å²) in [5.74, 6) is -0.334. The fraction of sp³-hybridized carbons (Fsp3) is 0.533. The van der Waals surface area contributed by atoms with Crippen LogP contribution in [0.4, 0.5) is 5.69 Å². The maximum Gasteiger partial charge on any atom is 0.235 e. The standard InChI is InChI=1S/C15H22N2O3S/c1-2-3-10-16-15(18)9-12-21(19,20)17-11-8-13-6-4-5-7-14(13)17/h4-7H,2-3,8-12H2,1H3,(H,16,18). The van der Waals surface area contributed by atoms with E-state index in [1.165, 1.54) is 4.31 Å². The molecule has 1 amide bonds. The van der Waals surface area contributed by atoms with Crippen molar-refractivity contribution in [3.63, 3.8) is 0 Å². The predicted molar refractivity (Wildman–Crippen MR) is 83.8 cm³/mol. The second kappa shape index (κ2) is 6.93. The molecule has 0 bridgehead atoms. The molecular formula is C15H22N2O3S. The van der Waals surface area contributed by atoms with Crippen LogP contribution in [0.5, 0.6) is 0 Å². The van der Waals surface area contributed by atoms with Gasteiger partial charge in [0.25, 0.3) is 0 Å². The number of nitrogens with zero attached hydrogens (tertiary/aromatic N) is 1. The van der Waals surface area contributed by atoms with Crippen molar-refractivity contribution in [1.29, 1.82) is 0 Å². The second-order valence-corrected chi connectivity index (χ2v) is 7.23. The van der Waals surface area contributed by atoms with Crippen LogP contribution in [-0.4, -0.2) is 33.2 Å². The molecule has 1 aromatic rings. The zero-order valence-corrected chi connectivity index (χ0v) is 13.2. The number of hydrogen-bond acceptors (Lipinski definition) is 3. The van der Waals surface area contributed by atoms with Crippen molar-refractivity contribution < 1.29 is 13.2 Å². The Morgan fingerprint density at radius 1 is 1.33 bits per heavy atom. The summed E-state index contributed by atoms with van der Waals surface area (Å²) in [6.45, 7) is 3.13. The molecule has 0 unspecified atom stereocenters. The maximum absolute atomic E-state index is 12.4. The normalized spacial score (nSPS) is 14.0. The van der Waals surface area contributed by atoms with Crippen molar-refractivity contribution >= 4 is 21.6 Å². The van der Waals surface area contributed by atoms with Crippen molar-refractivity contribution in [3.05, 3.63) is 29.8 Å². The zero-order chi connectivity index (χ0) is 15.3. The highest BCUT2D eigenvalue weighted by Gasteiger charge is 2.29. The molecule has 1 N–H and O–H groups in total. The first-order valence-corrected chi connectivity index (χ1v) is 9.00. The van der Waals surface area contributed by atoms with Gasteiger partial charge in [0.05, 0.1) is 11.4 Å². The van der Waals surface area contributed by atoms with E-state index in [1.807, 2.05) is 31.2 Å². The minimum Gasteiger partial charge on any atom is -0.356 e. The summed E-state index contributed by atoms with van der Waals surface area (Å²) in [5.41, 5.74) is 1.80. The number of rotatable bonds is 7. The third kappa shape index (κ3) is 3.97. The fourth-order valence-corrected chi connectivity index (χ4v) is 3.93. The Kier molecular flexibility index (Phi) is 5.22. The van der Waals surface area contributed by atoms with Gasteiger partial charge in [-0.3, -0.25) is 9.10 Å². The molecule has 1 aliphatic rings. The molecule has 0 atom stereocenters. The molecule has 1 aromatic carbocycles. The number of anilines is 1. The summed E-state index contributed by atoms with van der Waals surface area (Å²) < 4.78 is 26.2. The van der Waals surface area contributed by atoms with Crippen LogP contribution >= 0.6 is 0 Å². The highest BCUT2D eigenvalue weighted by atomic mass is 32.2. The molecule has 0 aliphatic carbocycles. The van der Waals surface area contributed by atoms with Crippen LogP contribution in [0.25, 0.3) is 0 Å². The summed E-state index contributed by atoms with van der Waals surface area (Å²) >= 11 is 0. The van der Waals surface area contributed by atoms with Crippen LogP contribution in [0.2, 0.25) is 0 Å². The van der Waals surface area contributed by atoms with Gasteiger partial charge in [-0.15, -0.1) is 0 Å². The van der Waals surface area contributed by atoms with Gasteiger partial charge in [-0.2, -0.15) is 0 Å². The molecule has 21 heavy (non-hydrogen) atoms. The van der Waals surface area contributed by atoms with Crippen molar-refractivity contribution in [2.45, 2.75) is 32.6 Å². The number of hydrogen-bond donors (Lipinski definition) is 1. The first-order valence-electron chi connectivity index (χ1n) is 7.39. The molecule has 5 nitrogen and oxygen atoms in total. The number of para-hydroxylation sites is 1. The Morgan fingerprint density at radius 3 is 2.86 bits per heavy atom. The van der Waals surface area contributed by atoms with E-state index in [0.717, 1.165) is 30.5 Å². The molecule has 0 aromatic heterocycles. The third-order valence-corrected chi connectivity index (χ3v) is 5.39. The molecule has 116 valence electrons. The van der Waals surface area contributed by atoms with E-state index in [4.69, 9.17) is 0 Å². The Morgan fingerprint density at radius 2 is 2.10 bits per heavy atom. The number of fused-ring (bicyclic) bond motifs is 1. The van der Waals surface area contributed by atoms with E-state index in [0.29, 0.717) is 13.1 Å². The summed E-state index contributed by atoms with van der Waals surface area (Å²) in [6, 6.07) is 7.52. The van der Waals surface area contributed by atoms with Gasteiger partial charge >= 0.3 is 0 Å². The van der Waals surface area contributed by atoms with Gasteiger partial charge < -0.3 is 5.32 Å². The smallest absolute Gasteiger partial charge is 0.235 e. The van der Waals surface area contributed by atoms with Crippen LogP contribution in [0, 0.1) is 0 Å². The SMILES string of the molecule is CCCCNC(=O)CCS(=O)(=O)N1CCc2ccccc21. The lowest BCUT2D eigenvalue weighted by molar-refractivity contribution is -0.120.